The summed E-state index contributed by atoms with van der Waals surface area (Å²) in [5.74, 6) is 1.48. The first-order valence-electron chi connectivity index (χ1n) is 5.97. The molecule has 2 N–H and O–H groups in total. The minimum absolute atomic E-state index is 0.106. The summed E-state index contributed by atoms with van der Waals surface area (Å²) in [6.07, 6.45) is 3.52. The third-order valence-corrected chi connectivity index (χ3v) is 4.40. The van der Waals surface area contributed by atoms with E-state index in [-0.39, 0.29) is 12.2 Å². The van der Waals surface area contributed by atoms with E-state index in [4.69, 9.17) is 26.8 Å². The molecule has 4 heteroatoms. The Morgan fingerprint density at radius 3 is 2.65 bits per heavy atom. The lowest BCUT2D eigenvalue weighted by atomic mass is 9.63. The van der Waals surface area contributed by atoms with Crippen LogP contribution in [-0.2, 0) is 5.41 Å². The van der Waals surface area contributed by atoms with Crippen LogP contribution in [0.4, 0.5) is 0 Å². The summed E-state index contributed by atoms with van der Waals surface area (Å²) in [5.41, 5.74) is 8.42. The molecule has 1 saturated carbocycles. The Bertz CT molecular complexity index is 463. The van der Waals surface area contributed by atoms with E-state index in [1.54, 1.807) is 0 Å². The first-order valence-corrected chi connectivity index (χ1v) is 6.35. The topological polar surface area (TPSA) is 44.5 Å². The number of rotatable bonds is 2. The maximum absolute atomic E-state index is 6.25. The molecule has 3 nitrogen and oxygen atoms in total. The fourth-order valence-electron chi connectivity index (χ4n) is 2.90. The van der Waals surface area contributed by atoms with Crippen LogP contribution < -0.4 is 15.2 Å². The van der Waals surface area contributed by atoms with Crippen molar-refractivity contribution in [1.29, 1.82) is 0 Å². The lowest BCUT2D eigenvalue weighted by Crippen LogP contribution is -2.42. The monoisotopic (exact) mass is 253 g/mol. The van der Waals surface area contributed by atoms with Crippen molar-refractivity contribution in [2.24, 2.45) is 5.73 Å². The van der Waals surface area contributed by atoms with Crippen molar-refractivity contribution >= 4 is 11.6 Å². The third kappa shape index (κ3) is 1.45. The molecule has 0 radical (unpaired) electrons. The molecule has 3 rings (SSSR count). The average Bonchev–Trinajstić information content (AvgIpc) is 2.74. The van der Waals surface area contributed by atoms with Gasteiger partial charge in [0.25, 0.3) is 0 Å². The van der Waals surface area contributed by atoms with E-state index in [9.17, 15) is 0 Å². The highest BCUT2D eigenvalue weighted by molar-refractivity contribution is 6.32. The number of halogens is 1. The smallest absolute Gasteiger partial charge is 0.231 e. The summed E-state index contributed by atoms with van der Waals surface area (Å²) < 4.78 is 10.9. The molecule has 0 amide bonds. The molecule has 0 atom stereocenters. The number of nitrogens with two attached hydrogens (primary N) is 1. The van der Waals surface area contributed by atoms with E-state index >= 15 is 0 Å². The molecule has 1 aromatic rings. The Labute approximate surface area is 106 Å². The normalized spacial score (nSPS) is 20.2. The summed E-state index contributed by atoms with van der Waals surface area (Å²) >= 11 is 6.25. The van der Waals surface area contributed by atoms with Crippen LogP contribution in [0.25, 0.3) is 0 Å². The predicted molar refractivity (Wildman–Crippen MR) is 66.9 cm³/mol. The van der Waals surface area contributed by atoms with Gasteiger partial charge in [-0.15, -0.1) is 0 Å². The number of hydrogen-bond donors (Lipinski definition) is 1. The number of hydrogen-bond acceptors (Lipinski definition) is 3. The van der Waals surface area contributed by atoms with Gasteiger partial charge in [0.2, 0.25) is 6.79 Å². The molecule has 1 fully saturated rings. The molecule has 0 unspecified atom stereocenters. The minimum Gasteiger partial charge on any atom is -0.453 e. The SMILES string of the molecule is Cc1c(C2(CN)CCC2)cc(Cl)c2c1OCO2. The Morgan fingerprint density at radius 2 is 2.06 bits per heavy atom. The van der Waals surface area contributed by atoms with Crippen molar-refractivity contribution in [2.45, 2.75) is 31.6 Å². The Hall–Kier alpha value is -0.930. The van der Waals surface area contributed by atoms with Gasteiger partial charge >= 0.3 is 0 Å². The zero-order valence-corrected chi connectivity index (χ0v) is 10.6. The maximum Gasteiger partial charge on any atom is 0.231 e. The third-order valence-electron chi connectivity index (χ3n) is 4.12. The highest BCUT2D eigenvalue weighted by Gasteiger charge is 2.40. The second kappa shape index (κ2) is 3.79. The molecule has 0 spiro atoms. The van der Waals surface area contributed by atoms with Crippen molar-refractivity contribution in [3.05, 3.63) is 22.2 Å². The zero-order valence-electron chi connectivity index (χ0n) is 9.88. The van der Waals surface area contributed by atoms with Crippen molar-refractivity contribution in [3.8, 4) is 11.5 Å². The minimum atomic E-state index is 0.106. The van der Waals surface area contributed by atoms with Gasteiger partial charge in [-0.25, -0.2) is 0 Å². The molecule has 17 heavy (non-hydrogen) atoms. The molecule has 0 aromatic heterocycles. The van der Waals surface area contributed by atoms with Gasteiger partial charge in [0.05, 0.1) is 5.02 Å². The highest BCUT2D eigenvalue weighted by atomic mass is 35.5. The van der Waals surface area contributed by atoms with E-state index in [1.807, 2.05) is 6.07 Å². The Balaban J connectivity index is 2.15. The van der Waals surface area contributed by atoms with E-state index in [0.29, 0.717) is 17.3 Å². The highest BCUT2D eigenvalue weighted by Crippen LogP contribution is 2.51. The van der Waals surface area contributed by atoms with Crippen LogP contribution in [0.3, 0.4) is 0 Å². The second-order valence-corrected chi connectivity index (χ2v) is 5.34. The van der Waals surface area contributed by atoms with Crippen molar-refractivity contribution in [2.75, 3.05) is 13.3 Å². The lowest BCUT2D eigenvalue weighted by molar-refractivity contribution is 0.173. The van der Waals surface area contributed by atoms with E-state index in [0.717, 1.165) is 24.2 Å². The summed E-state index contributed by atoms with van der Waals surface area (Å²) in [7, 11) is 0. The van der Waals surface area contributed by atoms with E-state index < -0.39 is 0 Å². The van der Waals surface area contributed by atoms with Gasteiger partial charge < -0.3 is 15.2 Å². The van der Waals surface area contributed by atoms with Gasteiger partial charge in [-0.05, 0) is 37.0 Å². The number of fused-ring (bicyclic) bond motifs is 1. The van der Waals surface area contributed by atoms with Crippen LogP contribution in [0.15, 0.2) is 6.07 Å². The summed E-state index contributed by atoms with van der Waals surface area (Å²) in [6.45, 7) is 2.99. The zero-order chi connectivity index (χ0) is 12.0. The van der Waals surface area contributed by atoms with Crippen LogP contribution in [0.2, 0.25) is 5.02 Å². The van der Waals surface area contributed by atoms with Gasteiger partial charge in [0.15, 0.2) is 11.5 Å². The van der Waals surface area contributed by atoms with E-state index in [1.165, 1.54) is 12.0 Å². The molecule has 1 aliphatic carbocycles. The fourth-order valence-corrected chi connectivity index (χ4v) is 3.14. The lowest BCUT2D eigenvalue weighted by Gasteiger charge is -2.42. The molecule has 0 saturated heterocycles. The van der Waals surface area contributed by atoms with Gasteiger partial charge in [0.1, 0.15) is 0 Å². The molecule has 1 aliphatic heterocycles. The number of ether oxygens (including phenoxy) is 2. The molecule has 92 valence electrons. The van der Waals surface area contributed by atoms with Crippen LogP contribution >= 0.6 is 11.6 Å². The number of benzene rings is 1. The van der Waals surface area contributed by atoms with Gasteiger partial charge in [0, 0.05) is 12.0 Å². The molecule has 1 heterocycles. The second-order valence-electron chi connectivity index (χ2n) is 4.93. The van der Waals surface area contributed by atoms with Crippen molar-refractivity contribution in [3.63, 3.8) is 0 Å². The molecule has 2 aliphatic rings. The van der Waals surface area contributed by atoms with Crippen LogP contribution in [0.5, 0.6) is 11.5 Å². The van der Waals surface area contributed by atoms with Gasteiger partial charge in [-0.2, -0.15) is 0 Å². The quantitative estimate of drug-likeness (QED) is 0.882. The molecular formula is C13H16ClNO2. The fraction of sp³-hybridized carbons (Fsp3) is 0.538. The molecule has 0 bridgehead atoms. The standard InChI is InChI=1S/C13H16ClNO2/c1-8-9(13(6-15)3-2-4-13)5-10(14)12-11(8)16-7-17-12/h5H,2-4,6-7,15H2,1H3. The largest absolute Gasteiger partial charge is 0.453 e. The van der Waals surface area contributed by atoms with Crippen molar-refractivity contribution < 1.29 is 9.47 Å². The van der Waals surface area contributed by atoms with Gasteiger partial charge in [-0.1, -0.05) is 18.0 Å². The first kappa shape index (κ1) is 11.2. The average molecular weight is 254 g/mol. The molecular weight excluding hydrogens is 238 g/mol. The maximum atomic E-state index is 6.25. The van der Waals surface area contributed by atoms with E-state index in [2.05, 4.69) is 6.92 Å². The van der Waals surface area contributed by atoms with Crippen molar-refractivity contribution in [1.82, 2.24) is 0 Å². The summed E-state index contributed by atoms with van der Waals surface area (Å²) in [4.78, 5) is 0. The molecule has 1 aromatic carbocycles. The first-order chi connectivity index (χ1) is 8.18. The summed E-state index contributed by atoms with van der Waals surface area (Å²) in [6, 6.07) is 2.01. The van der Waals surface area contributed by atoms with Crippen LogP contribution in [0, 0.1) is 6.92 Å². The van der Waals surface area contributed by atoms with Gasteiger partial charge in [-0.3, -0.25) is 0 Å². The summed E-state index contributed by atoms with van der Waals surface area (Å²) in [5, 5.41) is 0.637. The van der Waals surface area contributed by atoms with Crippen LogP contribution in [0.1, 0.15) is 30.4 Å². The Kier molecular flexibility index (Phi) is 2.49. The Morgan fingerprint density at radius 1 is 1.35 bits per heavy atom. The predicted octanol–water partition coefficient (Wildman–Crippen LogP) is 2.76. The van der Waals surface area contributed by atoms with Crippen LogP contribution in [-0.4, -0.2) is 13.3 Å².